The Morgan fingerprint density at radius 3 is 2.61 bits per heavy atom. The topological polar surface area (TPSA) is 119 Å². The first kappa shape index (κ1) is 24.9. The highest BCUT2D eigenvalue weighted by molar-refractivity contribution is 7.07. The third-order valence-corrected chi connectivity index (χ3v) is 6.61. The van der Waals surface area contributed by atoms with E-state index in [2.05, 4.69) is 4.99 Å². The lowest BCUT2D eigenvalue weighted by Crippen LogP contribution is -2.40. The predicted octanol–water partition coefficient (Wildman–Crippen LogP) is 2.62. The molecule has 0 saturated carbocycles. The van der Waals surface area contributed by atoms with Gasteiger partial charge >= 0.3 is 11.7 Å². The first-order valence-electron chi connectivity index (χ1n) is 11.0. The monoisotopic (exact) mass is 510 g/mol. The molecule has 10 nitrogen and oxygen atoms in total. The second-order valence-electron chi connectivity index (χ2n) is 7.78. The van der Waals surface area contributed by atoms with Gasteiger partial charge in [-0.25, -0.2) is 15.0 Å². The van der Waals surface area contributed by atoms with E-state index < -0.39 is 12.0 Å². The van der Waals surface area contributed by atoms with Crippen molar-refractivity contribution in [2.75, 3.05) is 20.8 Å². The minimum absolute atomic E-state index is 0.0437. The lowest BCUT2D eigenvalue weighted by Gasteiger charge is -2.24. The zero-order valence-corrected chi connectivity index (χ0v) is 20.9. The van der Waals surface area contributed by atoms with Gasteiger partial charge in [0, 0.05) is 12.1 Å². The Kier molecular flexibility index (Phi) is 7.02. The first-order chi connectivity index (χ1) is 17.3. The summed E-state index contributed by atoms with van der Waals surface area (Å²) in [5, 5.41) is 9.42. The molecule has 4 rings (SSSR count). The number of methoxy groups -OCH3 is 2. The van der Waals surface area contributed by atoms with E-state index in [0.717, 1.165) is 0 Å². The largest absolute Gasteiger partial charge is 0.493 e. The highest BCUT2D eigenvalue weighted by Gasteiger charge is 2.34. The number of allylic oxidation sites excluding steroid dienone is 1. The molecule has 0 radical (unpaired) electrons. The molecule has 11 heteroatoms. The standard InChI is InChI=1S/C25H24N3O7S/c1-5-35-24(30)21-14(2)26-25-27(22(21)16-7-6-8-17(13-16)28(31)32)23(29)20(36-25)12-15-9-10-18(33-3)19(11-15)34-4/h6-13,22H,5H2,1-4H3,(H,31,32)/q+1/b20-12-. The smallest absolute Gasteiger partial charge is 0.338 e. The van der Waals surface area contributed by atoms with E-state index in [1.54, 1.807) is 50.3 Å². The van der Waals surface area contributed by atoms with Crippen molar-refractivity contribution in [1.82, 2.24) is 4.57 Å². The Balaban J connectivity index is 1.95. The van der Waals surface area contributed by atoms with Crippen LogP contribution >= 0.6 is 11.3 Å². The van der Waals surface area contributed by atoms with Gasteiger partial charge < -0.3 is 14.2 Å². The number of carbonyl (C=O) groups is 1. The Morgan fingerprint density at radius 2 is 1.94 bits per heavy atom. The number of fused-ring (bicyclic) bond motifs is 1. The quantitative estimate of drug-likeness (QED) is 0.383. The lowest BCUT2D eigenvalue weighted by molar-refractivity contribution is -0.729. The van der Waals surface area contributed by atoms with E-state index in [-0.39, 0.29) is 28.3 Å². The van der Waals surface area contributed by atoms with E-state index in [9.17, 15) is 19.7 Å². The highest BCUT2D eigenvalue weighted by Crippen LogP contribution is 2.32. The molecule has 0 fully saturated rings. The SMILES string of the molecule is CCOC(=O)C1=C(C)N=c2s/c(=C\c3ccc(OC)c(OC)c3)c(=O)n2C1c1cccc([N+](=O)O)c1. The summed E-state index contributed by atoms with van der Waals surface area (Å²) in [6, 6.07) is 10.4. The molecular formula is C25H24N3O7S+. The van der Waals surface area contributed by atoms with Gasteiger partial charge in [0.25, 0.3) is 10.5 Å². The van der Waals surface area contributed by atoms with E-state index >= 15 is 0 Å². The van der Waals surface area contributed by atoms with Crippen LogP contribution in [0.15, 0.2) is 63.5 Å². The molecule has 36 heavy (non-hydrogen) atoms. The number of hydrogen-bond donors (Lipinski definition) is 1. The molecule has 1 aromatic heterocycles. The fourth-order valence-electron chi connectivity index (χ4n) is 4.01. The number of rotatable bonds is 7. The minimum atomic E-state index is -0.909. The molecule has 3 aromatic rings. The molecule has 186 valence electrons. The summed E-state index contributed by atoms with van der Waals surface area (Å²) in [4.78, 5) is 42.8. The second kappa shape index (κ2) is 10.2. The first-order valence-corrected chi connectivity index (χ1v) is 11.8. The highest BCUT2D eigenvalue weighted by atomic mass is 32.1. The number of esters is 1. The molecule has 1 aliphatic heterocycles. The number of aromatic nitrogens is 1. The molecule has 2 heterocycles. The molecule has 1 N–H and O–H groups in total. The molecule has 0 spiro atoms. The van der Waals surface area contributed by atoms with Crippen LogP contribution in [-0.4, -0.2) is 41.5 Å². The van der Waals surface area contributed by atoms with E-state index in [1.165, 1.54) is 42.3 Å². The third kappa shape index (κ3) is 4.52. The van der Waals surface area contributed by atoms with Gasteiger partial charge in [-0.15, -0.1) is 0 Å². The normalized spacial score (nSPS) is 15.2. The Labute approximate surface area is 209 Å². The number of carbonyl (C=O) groups excluding carboxylic acids is 1. The predicted molar refractivity (Wildman–Crippen MR) is 131 cm³/mol. The summed E-state index contributed by atoms with van der Waals surface area (Å²) in [6.07, 6.45) is 1.70. The van der Waals surface area contributed by atoms with Crippen LogP contribution in [0.3, 0.4) is 0 Å². The Hall–Kier alpha value is -4.25. The number of hydrogen-bond acceptors (Lipinski definition) is 8. The van der Waals surface area contributed by atoms with Crippen LogP contribution in [-0.2, 0) is 9.53 Å². The summed E-state index contributed by atoms with van der Waals surface area (Å²) in [6.45, 7) is 3.49. The molecule has 1 atom stereocenters. The van der Waals surface area contributed by atoms with Crippen LogP contribution in [0.2, 0.25) is 0 Å². The van der Waals surface area contributed by atoms with Gasteiger partial charge in [-0.1, -0.05) is 29.5 Å². The van der Waals surface area contributed by atoms with Crippen molar-refractivity contribution < 1.29 is 29.1 Å². The Bertz CT molecular complexity index is 1570. The van der Waals surface area contributed by atoms with E-state index in [0.29, 0.717) is 37.7 Å². The van der Waals surface area contributed by atoms with E-state index in [1.807, 2.05) is 0 Å². The van der Waals surface area contributed by atoms with Crippen molar-refractivity contribution in [3.8, 4) is 11.5 Å². The number of thiazole rings is 1. The number of nitrogens with zero attached hydrogens (tertiary/aromatic N) is 3. The molecule has 1 unspecified atom stereocenters. The van der Waals surface area contributed by atoms with Gasteiger partial charge in [0.1, 0.15) is 0 Å². The Morgan fingerprint density at radius 1 is 1.19 bits per heavy atom. The maximum Gasteiger partial charge on any atom is 0.338 e. The fourth-order valence-corrected chi connectivity index (χ4v) is 5.06. The van der Waals surface area contributed by atoms with Gasteiger partial charge in [0.15, 0.2) is 16.3 Å². The maximum absolute atomic E-state index is 13.7. The average molecular weight is 511 g/mol. The van der Waals surface area contributed by atoms with Crippen molar-refractivity contribution in [2.45, 2.75) is 19.9 Å². The van der Waals surface area contributed by atoms with Crippen LogP contribution in [0.25, 0.3) is 6.08 Å². The maximum atomic E-state index is 13.7. The second-order valence-corrected chi connectivity index (χ2v) is 8.79. The van der Waals surface area contributed by atoms with Crippen molar-refractivity contribution in [1.29, 1.82) is 0 Å². The third-order valence-electron chi connectivity index (χ3n) is 5.63. The molecular weight excluding hydrogens is 486 g/mol. The van der Waals surface area contributed by atoms with Crippen LogP contribution in [0, 0.1) is 4.91 Å². The molecule has 0 bridgehead atoms. The average Bonchev–Trinajstić information content (AvgIpc) is 3.17. The molecule has 0 saturated heterocycles. The van der Waals surface area contributed by atoms with Crippen molar-refractivity contribution in [3.63, 3.8) is 0 Å². The van der Waals surface area contributed by atoms with Crippen molar-refractivity contribution in [2.24, 2.45) is 4.99 Å². The van der Waals surface area contributed by atoms with Crippen molar-refractivity contribution in [3.05, 3.63) is 89.5 Å². The fraction of sp³-hybridized carbons (Fsp3) is 0.240. The molecule has 0 amide bonds. The van der Waals surface area contributed by atoms with Gasteiger partial charge in [0.05, 0.1) is 47.6 Å². The summed E-state index contributed by atoms with van der Waals surface area (Å²) in [7, 11) is 3.07. The van der Waals surface area contributed by atoms with Gasteiger partial charge in [-0.2, -0.15) is 0 Å². The summed E-state index contributed by atoms with van der Waals surface area (Å²) < 4.78 is 17.7. The molecule has 2 aromatic carbocycles. The van der Waals surface area contributed by atoms with Gasteiger partial charge in [-0.05, 0) is 43.2 Å². The minimum Gasteiger partial charge on any atom is -0.493 e. The van der Waals surface area contributed by atoms with Crippen molar-refractivity contribution >= 4 is 29.1 Å². The van der Waals surface area contributed by atoms with Crippen LogP contribution < -0.4 is 24.4 Å². The zero-order chi connectivity index (χ0) is 26.0. The number of benzene rings is 2. The van der Waals surface area contributed by atoms with Crippen LogP contribution in [0.5, 0.6) is 11.5 Å². The molecule has 1 aliphatic rings. The van der Waals surface area contributed by atoms with Gasteiger partial charge in [-0.3, -0.25) is 9.36 Å². The molecule has 0 aliphatic carbocycles. The summed E-state index contributed by atoms with van der Waals surface area (Å²) >= 11 is 1.17. The lowest BCUT2D eigenvalue weighted by atomic mass is 9.95. The van der Waals surface area contributed by atoms with E-state index in [4.69, 9.17) is 14.2 Å². The summed E-state index contributed by atoms with van der Waals surface area (Å²) in [5.74, 6) is 0.452. The van der Waals surface area contributed by atoms with Crippen LogP contribution in [0.4, 0.5) is 5.69 Å². The zero-order valence-electron chi connectivity index (χ0n) is 20.0. The number of ether oxygens (including phenoxy) is 3. The summed E-state index contributed by atoms with van der Waals surface area (Å²) in [5.41, 5.74) is 1.30. The van der Waals surface area contributed by atoms with Crippen LogP contribution in [0.1, 0.15) is 31.0 Å². The van der Waals surface area contributed by atoms with Gasteiger partial charge in [0.2, 0.25) is 0 Å².